The van der Waals surface area contributed by atoms with E-state index >= 15 is 0 Å². The molecular formula is C31H42N2O6. The van der Waals surface area contributed by atoms with Crippen LogP contribution in [0.4, 0.5) is 0 Å². The number of hydrogen-bond donors (Lipinski definition) is 1. The van der Waals surface area contributed by atoms with Crippen LogP contribution in [0.1, 0.15) is 57.2 Å². The molecule has 8 nitrogen and oxygen atoms in total. The Morgan fingerprint density at radius 3 is 2.49 bits per heavy atom. The van der Waals surface area contributed by atoms with Gasteiger partial charge in [-0.1, -0.05) is 39.0 Å². The van der Waals surface area contributed by atoms with Crippen LogP contribution in [0, 0.1) is 5.92 Å². The number of ether oxygens (including phenoxy) is 3. The molecule has 3 rings (SSSR count). The van der Waals surface area contributed by atoms with Crippen LogP contribution in [0.3, 0.4) is 0 Å². The van der Waals surface area contributed by atoms with E-state index in [4.69, 9.17) is 14.2 Å². The zero-order valence-corrected chi connectivity index (χ0v) is 24.0. The summed E-state index contributed by atoms with van der Waals surface area (Å²) in [6, 6.07) is 11.6. The Morgan fingerprint density at radius 1 is 1.05 bits per heavy atom. The predicted octanol–water partition coefficient (Wildman–Crippen LogP) is 5.28. The van der Waals surface area contributed by atoms with E-state index in [1.165, 1.54) is 0 Å². The highest BCUT2D eigenvalue weighted by molar-refractivity contribution is 6.46. The molecule has 2 aromatic rings. The van der Waals surface area contributed by atoms with Crippen LogP contribution < -0.4 is 14.2 Å². The second kappa shape index (κ2) is 14.0. The monoisotopic (exact) mass is 538 g/mol. The summed E-state index contributed by atoms with van der Waals surface area (Å²) in [6.45, 7) is 8.47. The molecule has 1 atom stereocenters. The molecular weight excluding hydrogens is 496 g/mol. The molecule has 0 aliphatic carbocycles. The van der Waals surface area contributed by atoms with Crippen LogP contribution in [-0.2, 0) is 9.59 Å². The second-order valence-electron chi connectivity index (χ2n) is 10.5. The predicted molar refractivity (Wildman–Crippen MR) is 152 cm³/mol. The molecule has 8 heteroatoms. The summed E-state index contributed by atoms with van der Waals surface area (Å²) in [5.74, 6) is 0.614. The lowest BCUT2D eigenvalue weighted by atomic mass is 9.95. The highest BCUT2D eigenvalue weighted by atomic mass is 16.5. The van der Waals surface area contributed by atoms with Gasteiger partial charge in [-0.2, -0.15) is 0 Å². The van der Waals surface area contributed by atoms with Crippen molar-refractivity contribution in [3.05, 3.63) is 59.2 Å². The molecule has 0 bridgehead atoms. The number of hydrogen-bond acceptors (Lipinski definition) is 7. The van der Waals surface area contributed by atoms with Gasteiger partial charge in [-0.3, -0.25) is 9.59 Å². The van der Waals surface area contributed by atoms with Crippen molar-refractivity contribution in [2.45, 2.75) is 46.1 Å². The lowest BCUT2D eigenvalue weighted by molar-refractivity contribution is -0.139. The van der Waals surface area contributed by atoms with Crippen LogP contribution in [0.15, 0.2) is 48.0 Å². The average Bonchev–Trinajstić information content (AvgIpc) is 3.16. The Kier molecular flexibility index (Phi) is 10.8. The van der Waals surface area contributed by atoms with Crippen molar-refractivity contribution in [2.24, 2.45) is 5.92 Å². The first-order chi connectivity index (χ1) is 18.7. The van der Waals surface area contributed by atoms with Crippen molar-refractivity contribution in [2.75, 3.05) is 47.5 Å². The molecule has 1 saturated heterocycles. The summed E-state index contributed by atoms with van der Waals surface area (Å²) in [7, 11) is 5.48. The minimum absolute atomic E-state index is 0.0491. The third kappa shape index (κ3) is 7.53. The minimum Gasteiger partial charge on any atom is -0.507 e. The normalized spacial score (nSPS) is 16.8. The first-order valence-corrected chi connectivity index (χ1v) is 13.6. The Bertz CT molecular complexity index is 1170. The maximum absolute atomic E-state index is 13.4. The molecule has 0 saturated carbocycles. The van der Waals surface area contributed by atoms with Crippen molar-refractivity contribution >= 4 is 17.4 Å². The maximum Gasteiger partial charge on any atom is 0.295 e. The summed E-state index contributed by atoms with van der Waals surface area (Å²) in [6.07, 6.45) is 2.41. The van der Waals surface area contributed by atoms with E-state index in [1.54, 1.807) is 48.4 Å². The second-order valence-corrected chi connectivity index (χ2v) is 10.5. The van der Waals surface area contributed by atoms with Crippen molar-refractivity contribution in [1.29, 1.82) is 0 Å². The van der Waals surface area contributed by atoms with Crippen LogP contribution in [0.5, 0.6) is 17.2 Å². The van der Waals surface area contributed by atoms with Crippen LogP contribution in [0.25, 0.3) is 5.76 Å². The number of methoxy groups -OCH3 is 1. The van der Waals surface area contributed by atoms with Gasteiger partial charge in [0.05, 0.1) is 31.9 Å². The van der Waals surface area contributed by atoms with Gasteiger partial charge in [-0.25, -0.2) is 0 Å². The van der Waals surface area contributed by atoms with Crippen LogP contribution in [-0.4, -0.2) is 74.1 Å². The van der Waals surface area contributed by atoms with E-state index in [0.717, 1.165) is 19.4 Å². The van der Waals surface area contributed by atoms with Crippen LogP contribution in [0.2, 0.25) is 0 Å². The van der Waals surface area contributed by atoms with Gasteiger partial charge in [0.15, 0.2) is 11.5 Å². The number of aliphatic hydroxyl groups excluding tert-OH is 1. The summed E-state index contributed by atoms with van der Waals surface area (Å²) in [5.41, 5.74) is 1.13. The van der Waals surface area contributed by atoms with Gasteiger partial charge in [0.25, 0.3) is 11.7 Å². The molecule has 2 aromatic carbocycles. The van der Waals surface area contributed by atoms with Crippen LogP contribution >= 0.6 is 0 Å². The first-order valence-electron chi connectivity index (χ1n) is 13.6. The Morgan fingerprint density at radius 2 is 1.82 bits per heavy atom. The number of nitrogens with zero attached hydrogens (tertiary/aromatic N) is 2. The number of benzene rings is 2. The number of rotatable bonds is 14. The maximum atomic E-state index is 13.4. The first kappa shape index (κ1) is 30.0. The number of likely N-dealkylation sites (tertiary alicyclic amines) is 1. The number of ketones is 1. The molecule has 1 heterocycles. The molecule has 1 N–H and O–H groups in total. The average molecular weight is 539 g/mol. The highest BCUT2D eigenvalue weighted by Crippen LogP contribution is 2.42. The molecule has 0 aromatic heterocycles. The quantitative estimate of drug-likeness (QED) is 0.199. The highest BCUT2D eigenvalue weighted by Gasteiger charge is 2.46. The Hall–Kier alpha value is -3.52. The molecule has 1 fully saturated rings. The van der Waals surface area contributed by atoms with Gasteiger partial charge in [-0.05, 0) is 75.6 Å². The molecule has 1 aliphatic heterocycles. The van der Waals surface area contributed by atoms with Gasteiger partial charge in [0.1, 0.15) is 11.5 Å². The van der Waals surface area contributed by atoms with Crippen molar-refractivity contribution in [3.63, 3.8) is 0 Å². The van der Waals surface area contributed by atoms with E-state index in [9.17, 15) is 14.7 Å². The minimum atomic E-state index is -0.772. The van der Waals surface area contributed by atoms with E-state index in [2.05, 4.69) is 13.8 Å². The summed E-state index contributed by atoms with van der Waals surface area (Å²) >= 11 is 0. The third-order valence-corrected chi connectivity index (χ3v) is 6.58. The zero-order valence-electron chi connectivity index (χ0n) is 24.0. The molecule has 1 aliphatic rings. The molecule has 1 amide bonds. The smallest absolute Gasteiger partial charge is 0.295 e. The van der Waals surface area contributed by atoms with E-state index in [0.29, 0.717) is 60.5 Å². The van der Waals surface area contributed by atoms with E-state index in [1.807, 2.05) is 32.0 Å². The van der Waals surface area contributed by atoms with Gasteiger partial charge in [0, 0.05) is 12.1 Å². The number of carbonyl (C=O) groups excluding carboxylic acids is 2. The summed E-state index contributed by atoms with van der Waals surface area (Å²) in [5, 5.41) is 11.4. The Labute approximate surface area is 232 Å². The largest absolute Gasteiger partial charge is 0.507 e. The lowest BCUT2D eigenvalue weighted by Crippen LogP contribution is -2.32. The fourth-order valence-corrected chi connectivity index (χ4v) is 4.50. The van der Waals surface area contributed by atoms with Gasteiger partial charge in [-0.15, -0.1) is 0 Å². The van der Waals surface area contributed by atoms with E-state index < -0.39 is 17.7 Å². The number of carbonyl (C=O) groups is 2. The summed E-state index contributed by atoms with van der Waals surface area (Å²) < 4.78 is 17.3. The number of aliphatic hydroxyl groups is 1. The molecule has 0 radical (unpaired) electrons. The lowest BCUT2D eigenvalue weighted by Gasteiger charge is -2.26. The molecule has 212 valence electrons. The number of amides is 1. The van der Waals surface area contributed by atoms with Gasteiger partial charge in [0.2, 0.25) is 0 Å². The van der Waals surface area contributed by atoms with Gasteiger partial charge < -0.3 is 29.1 Å². The zero-order chi connectivity index (χ0) is 28.5. The van der Waals surface area contributed by atoms with Crippen molar-refractivity contribution in [3.8, 4) is 17.2 Å². The van der Waals surface area contributed by atoms with Crippen molar-refractivity contribution in [1.82, 2.24) is 9.80 Å². The standard InChI is InChI=1S/C31H42N2O6/c1-7-17-38-24-11-8-10-23(19-24)29(34)27-28(33(31(36)30(27)35)16-9-15-32(4)5)22-12-13-25(26(20-22)37-6)39-18-14-21(2)3/h8,10-13,19-21,28,34H,7,9,14-18H2,1-6H3. The third-order valence-electron chi connectivity index (χ3n) is 6.58. The fraction of sp³-hybridized carbons (Fsp3) is 0.484. The van der Waals surface area contributed by atoms with Gasteiger partial charge >= 0.3 is 0 Å². The number of Topliss-reactive ketones (excluding diaryl/α,β-unsaturated/α-hetero) is 1. The fourth-order valence-electron chi connectivity index (χ4n) is 4.50. The topological polar surface area (TPSA) is 88.5 Å². The van der Waals surface area contributed by atoms with E-state index in [-0.39, 0.29) is 11.3 Å². The summed E-state index contributed by atoms with van der Waals surface area (Å²) in [4.78, 5) is 30.2. The SMILES string of the molecule is CCCOc1cccc(C(O)=C2C(=O)C(=O)N(CCCN(C)C)C2c2ccc(OCCC(C)C)c(OC)c2)c1. The molecule has 39 heavy (non-hydrogen) atoms. The van der Waals surface area contributed by atoms with Crippen molar-refractivity contribution < 1.29 is 28.9 Å². The molecule has 0 spiro atoms. The molecule has 1 unspecified atom stereocenters. The Balaban J connectivity index is 2.07.